The van der Waals surface area contributed by atoms with Crippen molar-refractivity contribution >= 4 is 56.6 Å². The van der Waals surface area contributed by atoms with E-state index in [0.29, 0.717) is 12.7 Å². The Labute approximate surface area is 174 Å². The number of benzene rings is 3. The summed E-state index contributed by atoms with van der Waals surface area (Å²) in [5.74, 6) is -1.10. The second-order valence-corrected chi connectivity index (χ2v) is 7.92. The van der Waals surface area contributed by atoms with Gasteiger partial charge in [0.1, 0.15) is 17.3 Å². The molecule has 4 nitrogen and oxygen atoms in total. The second kappa shape index (κ2) is 7.43. The molecule has 0 unspecified atom stereocenters. The molecule has 0 bridgehead atoms. The highest BCUT2D eigenvalue weighted by Crippen LogP contribution is 2.43. The first-order chi connectivity index (χ1) is 12.3. The molecule has 3 aromatic carbocycles. The van der Waals surface area contributed by atoms with Gasteiger partial charge in [0.15, 0.2) is 0 Å². The van der Waals surface area contributed by atoms with Gasteiger partial charge in [0.2, 0.25) is 0 Å². The third-order valence-corrected chi connectivity index (χ3v) is 5.18. The monoisotopic (exact) mass is 578 g/mol. The van der Waals surface area contributed by atoms with Crippen LogP contribution in [-0.2, 0) is 0 Å². The van der Waals surface area contributed by atoms with E-state index in [9.17, 15) is 18.9 Å². The van der Waals surface area contributed by atoms with Crippen LogP contribution >= 0.6 is 45.2 Å². The summed E-state index contributed by atoms with van der Waals surface area (Å²) in [5.41, 5.74) is 6.13. The topological polar surface area (TPSA) is 69.2 Å². The van der Waals surface area contributed by atoms with Crippen molar-refractivity contribution in [3.05, 3.63) is 77.4 Å². The first-order valence-electron chi connectivity index (χ1n) is 7.27. The minimum absolute atomic E-state index is 0.0829. The lowest BCUT2D eigenvalue weighted by atomic mass is 9.92. The Morgan fingerprint density at radius 2 is 1.35 bits per heavy atom. The van der Waals surface area contributed by atoms with Crippen LogP contribution in [0.2, 0.25) is 0 Å². The lowest BCUT2D eigenvalue weighted by molar-refractivity contribution is -0.383. The second-order valence-electron chi connectivity index (χ2n) is 5.43. The molecule has 0 aromatic heterocycles. The molecular weight excluding hydrogens is 568 g/mol. The van der Waals surface area contributed by atoms with Gasteiger partial charge in [0, 0.05) is 29.9 Å². The number of hydrogen-bond acceptors (Lipinski definition) is 3. The van der Waals surface area contributed by atoms with E-state index in [1.165, 1.54) is 30.3 Å². The molecule has 0 amide bonds. The van der Waals surface area contributed by atoms with Crippen LogP contribution in [0.25, 0.3) is 22.3 Å². The minimum atomic E-state index is -0.641. The van der Waals surface area contributed by atoms with Crippen LogP contribution in [0.5, 0.6) is 0 Å². The Hall–Kier alpha value is -1.82. The molecule has 0 saturated heterocycles. The lowest BCUT2D eigenvalue weighted by Crippen LogP contribution is -2.02. The molecule has 0 spiro atoms. The number of nitro benzene ring substituents is 1. The number of hydrogen-bond donors (Lipinski definition) is 1. The Bertz CT molecular complexity index is 1040. The Kier molecular flexibility index (Phi) is 5.42. The first-order valence-corrected chi connectivity index (χ1v) is 9.43. The van der Waals surface area contributed by atoms with Gasteiger partial charge in [0.05, 0.1) is 4.92 Å². The zero-order valence-corrected chi connectivity index (χ0v) is 17.3. The molecule has 26 heavy (non-hydrogen) atoms. The number of nitro groups is 1. The third-order valence-electron chi connectivity index (χ3n) is 3.84. The van der Waals surface area contributed by atoms with Crippen molar-refractivity contribution in [1.82, 2.24) is 0 Å². The van der Waals surface area contributed by atoms with Crippen LogP contribution in [0, 0.1) is 28.9 Å². The summed E-state index contributed by atoms with van der Waals surface area (Å²) in [6.45, 7) is 0. The van der Waals surface area contributed by atoms with Crippen molar-refractivity contribution in [2.75, 3.05) is 5.73 Å². The molecule has 0 aliphatic heterocycles. The fraction of sp³-hybridized carbons (Fsp3) is 0. The maximum absolute atomic E-state index is 14.6. The Morgan fingerprint density at radius 1 is 0.846 bits per heavy atom. The summed E-state index contributed by atoms with van der Waals surface area (Å²) >= 11 is 3.93. The average molecular weight is 578 g/mol. The number of nitrogens with two attached hydrogens (primary N) is 1. The molecule has 3 rings (SSSR count). The normalized spacial score (nSPS) is 10.8. The van der Waals surface area contributed by atoms with Crippen LogP contribution in [-0.4, -0.2) is 4.92 Å². The summed E-state index contributed by atoms with van der Waals surface area (Å²) in [6, 6.07) is 11.6. The van der Waals surface area contributed by atoms with Gasteiger partial charge in [-0.25, -0.2) is 8.78 Å². The van der Waals surface area contributed by atoms with Crippen molar-refractivity contribution in [3.8, 4) is 22.3 Å². The largest absolute Gasteiger partial charge is 0.393 e. The molecule has 0 aliphatic carbocycles. The van der Waals surface area contributed by atoms with Crippen LogP contribution in [0.4, 0.5) is 20.2 Å². The van der Waals surface area contributed by atoms with Crippen molar-refractivity contribution in [2.45, 2.75) is 0 Å². The molecule has 3 aromatic rings. The van der Waals surface area contributed by atoms with E-state index >= 15 is 0 Å². The molecular formula is C18H10F2I2N2O2. The predicted octanol–water partition coefficient (Wildman–Crippen LogP) is 6.00. The number of anilines is 1. The van der Waals surface area contributed by atoms with Gasteiger partial charge in [-0.3, -0.25) is 10.1 Å². The number of nitrogen functional groups attached to an aromatic ring is 1. The molecule has 132 valence electrons. The molecule has 0 fully saturated rings. The highest BCUT2D eigenvalue weighted by atomic mass is 127. The van der Waals surface area contributed by atoms with Gasteiger partial charge < -0.3 is 5.73 Å². The number of halogens is 4. The van der Waals surface area contributed by atoms with Crippen molar-refractivity contribution in [1.29, 1.82) is 0 Å². The van der Waals surface area contributed by atoms with E-state index in [2.05, 4.69) is 0 Å². The van der Waals surface area contributed by atoms with Gasteiger partial charge >= 0.3 is 0 Å². The van der Waals surface area contributed by atoms with Crippen LogP contribution < -0.4 is 5.73 Å². The van der Waals surface area contributed by atoms with Crippen molar-refractivity contribution in [3.63, 3.8) is 0 Å². The maximum Gasteiger partial charge on any atom is 0.292 e. The number of nitrogens with zero attached hydrogens (tertiary/aromatic N) is 1. The quantitative estimate of drug-likeness (QED) is 0.180. The molecule has 0 saturated carbocycles. The van der Waals surface area contributed by atoms with Crippen molar-refractivity contribution < 1.29 is 13.7 Å². The summed E-state index contributed by atoms with van der Waals surface area (Å²) < 4.78 is 30.5. The van der Waals surface area contributed by atoms with Crippen LogP contribution in [0.1, 0.15) is 0 Å². The fourth-order valence-electron chi connectivity index (χ4n) is 2.68. The highest BCUT2D eigenvalue weighted by Gasteiger charge is 2.23. The Morgan fingerprint density at radius 3 is 1.85 bits per heavy atom. The lowest BCUT2D eigenvalue weighted by Gasteiger charge is -2.15. The highest BCUT2D eigenvalue weighted by molar-refractivity contribution is 14.1. The minimum Gasteiger partial charge on any atom is -0.393 e. The van der Waals surface area contributed by atoms with E-state index in [1.54, 1.807) is 18.2 Å². The van der Waals surface area contributed by atoms with E-state index in [1.807, 2.05) is 45.2 Å². The molecule has 0 atom stereocenters. The zero-order valence-electron chi connectivity index (χ0n) is 13.0. The smallest absolute Gasteiger partial charge is 0.292 e. The van der Waals surface area contributed by atoms with E-state index in [-0.39, 0.29) is 28.1 Å². The molecule has 0 heterocycles. The van der Waals surface area contributed by atoms with Gasteiger partial charge in [0.25, 0.3) is 5.69 Å². The van der Waals surface area contributed by atoms with Gasteiger partial charge in [-0.2, -0.15) is 0 Å². The molecule has 0 radical (unpaired) electrons. The van der Waals surface area contributed by atoms with Crippen molar-refractivity contribution in [2.24, 2.45) is 0 Å². The van der Waals surface area contributed by atoms with E-state index in [0.717, 1.165) is 0 Å². The molecule has 2 N–H and O–H groups in total. The predicted molar refractivity (Wildman–Crippen MR) is 114 cm³/mol. The van der Waals surface area contributed by atoms with E-state index in [4.69, 9.17) is 5.73 Å². The zero-order chi connectivity index (χ0) is 19.0. The SMILES string of the molecule is Nc1c([N+](=O)[O-])ccc(-c2ccc(I)cc2F)c1-c1ccc(I)cc1F. The third kappa shape index (κ3) is 3.52. The summed E-state index contributed by atoms with van der Waals surface area (Å²) in [4.78, 5) is 10.6. The summed E-state index contributed by atoms with van der Waals surface area (Å²) in [6.07, 6.45) is 0. The van der Waals surface area contributed by atoms with Gasteiger partial charge in [-0.05, 0) is 81.1 Å². The summed E-state index contributed by atoms with van der Waals surface area (Å²) in [5, 5.41) is 11.3. The molecule has 0 aliphatic rings. The summed E-state index contributed by atoms with van der Waals surface area (Å²) in [7, 11) is 0. The van der Waals surface area contributed by atoms with E-state index < -0.39 is 16.6 Å². The van der Waals surface area contributed by atoms with Crippen LogP contribution in [0.3, 0.4) is 0 Å². The molecule has 8 heteroatoms. The maximum atomic E-state index is 14.6. The fourth-order valence-corrected chi connectivity index (χ4v) is 3.59. The van der Waals surface area contributed by atoms with Gasteiger partial charge in [-0.1, -0.05) is 12.1 Å². The van der Waals surface area contributed by atoms with Crippen LogP contribution in [0.15, 0.2) is 48.5 Å². The first kappa shape index (κ1) is 19.0. The average Bonchev–Trinajstić information content (AvgIpc) is 2.55. The Balaban J connectivity index is 2.38. The standard InChI is InChI=1S/C18H10F2I2N2O2/c19-14-7-9(21)1-3-11(14)12-5-6-16(24(25)26)18(23)17(12)13-4-2-10(22)8-15(13)20/h1-8H,23H2. The number of rotatable bonds is 3. The van der Waals surface area contributed by atoms with Gasteiger partial charge in [-0.15, -0.1) is 0 Å².